The van der Waals surface area contributed by atoms with Gasteiger partial charge in [0.2, 0.25) is 0 Å². The number of hydrogen-bond acceptors (Lipinski definition) is 4. The molecule has 1 unspecified atom stereocenters. The number of aromatic nitrogens is 2. The Morgan fingerprint density at radius 1 is 1.16 bits per heavy atom. The van der Waals surface area contributed by atoms with E-state index >= 15 is 0 Å². The molecule has 1 aromatic carbocycles. The highest BCUT2D eigenvalue weighted by molar-refractivity contribution is 5.41. The number of benzene rings is 1. The summed E-state index contributed by atoms with van der Waals surface area (Å²) in [7, 11) is 3.17. The summed E-state index contributed by atoms with van der Waals surface area (Å²) in [6, 6.07) is 5.35. The number of hydrogen-bond donors (Lipinski definition) is 1. The van der Waals surface area contributed by atoms with Crippen LogP contribution in [0.4, 0.5) is 0 Å². The molecule has 0 aliphatic carbocycles. The molecule has 1 heterocycles. The van der Waals surface area contributed by atoms with Gasteiger partial charge in [0.25, 0.3) is 0 Å². The summed E-state index contributed by atoms with van der Waals surface area (Å²) >= 11 is 0. The molecule has 102 valence electrons. The molecule has 0 aliphatic rings. The molecule has 0 radical (unpaired) electrons. The number of ether oxygens (including phenoxy) is 2. The van der Waals surface area contributed by atoms with Crippen LogP contribution in [0.1, 0.15) is 24.2 Å². The van der Waals surface area contributed by atoms with Gasteiger partial charge in [-0.25, -0.2) is 0 Å². The molecule has 5 heteroatoms. The van der Waals surface area contributed by atoms with Gasteiger partial charge < -0.3 is 14.6 Å². The van der Waals surface area contributed by atoms with Crippen molar-refractivity contribution < 1.29 is 14.6 Å². The van der Waals surface area contributed by atoms with E-state index in [2.05, 4.69) is 5.10 Å². The number of aliphatic hydroxyl groups excluding tert-OH is 1. The summed E-state index contributed by atoms with van der Waals surface area (Å²) in [6.45, 7) is 2.77. The van der Waals surface area contributed by atoms with Crippen LogP contribution in [0.25, 0.3) is 0 Å². The third-order valence-corrected chi connectivity index (χ3v) is 2.98. The Balaban J connectivity index is 2.34. The van der Waals surface area contributed by atoms with Crippen LogP contribution in [-0.4, -0.2) is 29.1 Å². The number of aliphatic hydroxyl groups is 1. The van der Waals surface area contributed by atoms with E-state index in [1.165, 1.54) is 0 Å². The first kappa shape index (κ1) is 13.4. The molecule has 0 saturated heterocycles. The first-order chi connectivity index (χ1) is 9.17. The summed E-state index contributed by atoms with van der Waals surface area (Å²) < 4.78 is 12.2. The monoisotopic (exact) mass is 262 g/mol. The lowest BCUT2D eigenvalue weighted by molar-refractivity contribution is 0.219. The van der Waals surface area contributed by atoms with Gasteiger partial charge in [0.15, 0.2) is 0 Å². The lowest BCUT2D eigenvalue weighted by atomic mass is 10.0. The summed E-state index contributed by atoms with van der Waals surface area (Å²) in [5, 5.41) is 14.5. The fourth-order valence-corrected chi connectivity index (χ4v) is 1.87. The van der Waals surface area contributed by atoms with Crippen molar-refractivity contribution in [3.05, 3.63) is 41.7 Å². The Bertz CT molecular complexity index is 529. The van der Waals surface area contributed by atoms with Crippen LogP contribution >= 0.6 is 0 Å². The Kier molecular flexibility index (Phi) is 4.06. The van der Waals surface area contributed by atoms with Gasteiger partial charge in [0.05, 0.1) is 20.4 Å². The number of methoxy groups -OCH3 is 2. The average molecular weight is 262 g/mol. The van der Waals surface area contributed by atoms with Gasteiger partial charge in [-0.1, -0.05) is 0 Å². The summed E-state index contributed by atoms with van der Waals surface area (Å²) in [5.74, 6) is 1.30. The lowest BCUT2D eigenvalue weighted by Crippen LogP contribution is -2.00. The second-order valence-corrected chi connectivity index (χ2v) is 4.18. The van der Waals surface area contributed by atoms with Gasteiger partial charge in [-0.15, -0.1) is 0 Å². The highest BCUT2D eigenvalue weighted by Crippen LogP contribution is 2.29. The fourth-order valence-electron chi connectivity index (χ4n) is 1.87. The first-order valence-electron chi connectivity index (χ1n) is 6.11. The lowest BCUT2D eigenvalue weighted by Gasteiger charge is -2.12. The molecule has 1 atom stereocenters. The zero-order chi connectivity index (χ0) is 13.8. The maximum atomic E-state index is 10.4. The molecule has 1 aromatic heterocycles. The Morgan fingerprint density at radius 3 is 2.26 bits per heavy atom. The van der Waals surface area contributed by atoms with Gasteiger partial charge in [0.1, 0.15) is 17.6 Å². The van der Waals surface area contributed by atoms with Gasteiger partial charge in [-0.2, -0.15) is 5.10 Å². The second-order valence-electron chi connectivity index (χ2n) is 4.18. The summed E-state index contributed by atoms with van der Waals surface area (Å²) in [5.41, 5.74) is 1.46. The van der Waals surface area contributed by atoms with Crippen molar-refractivity contribution in [1.29, 1.82) is 0 Å². The molecule has 2 aromatic rings. The second kappa shape index (κ2) is 5.75. The molecular formula is C14H18N2O3. The minimum Gasteiger partial charge on any atom is -0.497 e. The molecule has 2 rings (SSSR count). The molecule has 0 aliphatic heterocycles. The van der Waals surface area contributed by atoms with E-state index < -0.39 is 6.10 Å². The van der Waals surface area contributed by atoms with Crippen molar-refractivity contribution in [2.75, 3.05) is 14.2 Å². The van der Waals surface area contributed by atoms with Crippen molar-refractivity contribution >= 4 is 0 Å². The third kappa shape index (κ3) is 2.88. The van der Waals surface area contributed by atoms with Crippen LogP contribution in [0.5, 0.6) is 11.5 Å². The first-order valence-corrected chi connectivity index (χ1v) is 6.11. The molecule has 5 nitrogen and oxygen atoms in total. The van der Waals surface area contributed by atoms with Crippen LogP contribution in [0.2, 0.25) is 0 Å². The average Bonchev–Trinajstić information content (AvgIpc) is 2.94. The molecule has 1 N–H and O–H groups in total. The molecular weight excluding hydrogens is 244 g/mol. The van der Waals surface area contributed by atoms with Gasteiger partial charge in [0, 0.05) is 24.4 Å². The zero-order valence-electron chi connectivity index (χ0n) is 11.3. The number of aryl methyl sites for hydroxylation is 1. The van der Waals surface area contributed by atoms with E-state index in [4.69, 9.17) is 9.47 Å². The standard InChI is InChI=1S/C14H18N2O3/c1-4-16-9-11(8-15-16)14(17)10-5-12(18-2)7-13(6-10)19-3/h5-9,14,17H,4H2,1-3H3. The summed E-state index contributed by atoms with van der Waals surface area (Å²) in [4.78, 5) is 0. The van der Waals surface area contributed by atoms with Crippen LogP contribution < -0.4 is 9.47 Å². The number of nitrogens with zero attached hydrogens (tertiary/aromatic N) is 2. The van der Waals surface area contributed by atoms with Crippen molar-refractivity contribution in [3.8, 4) is 11.5 Å². The van der Waals surface area contributed by atoms with Crippen LogP contribution in [0.3, 0.4) is 0 Å². The largest absolute Gasteiger partial charge is 0.497 e. The number of rotatable bonds is 5. The maximum Gasteiger partial charge on any atom is 0.122 e. The highest BCUT2D eigenvalue weighted by atomic mass is 16.5. The zero-order valence-corrected chi connectivity index (χ0v) is 11.3. The van der Waals surface area contributed by atoms with E-state index in [1.807, 2.05) is 13.1 Å². The van der Waals surface area contributed by atoms with Gasteiger partial charge >= 0.3 is 0 Å². The molecule has 19 heavy (non-hydrogen) atoms. The van der Waals surface area contributed by atoms with Crippen molar-refractivity contribution in [2.45, 2.75) is 19.6 Å². The minimum atomic E-state index is -0.746. The predicted octanol–water partition coefficient (Wildman–Crippen LogP) is 2.00. The normalized spacial score (nSPS) is 12.2. The van der Waals surface area contributed by atoms with E-state index in [0.717, 1.165) is 12.1 Å². The van der Waals surface area contributed by atoms with Crippen molar-refractivity contribution in [2.24, 2.45) is 0 Å². The van der Waals surface area contributed by atoms with Gasteiger partial charge in [-0.05, 0) is 24.6 Å². The summed E-state index contributed by atoms with van der Waals surface area (Å²) in [6.07, 6.45) is 2.75. The Hall–Kier alpha value is -2.01. The van der Waals surface area contributed by atoms with E-state index in [0.29, 0.717) is 17.1 Å². The van der Waals surface area contributed by atoms with Crippen molar-refractivity contribution in [1.82, 2.24) is 9.78 Å². The minimum absolute atomic E-state index is 0.649. The van der Waals surface area contributed by atoms with E-state index in [9.17, 15) is 5.11 Å². The van der Waals surface area contributed by atoms with Crippen LogP contribution in [0, 0.1) is 0 Å². The third-order valence-electron chi connectivity index (χ3n) is 2.98. The SMILES string of the molecule is CCn1cc(C(O)c2cc(OC)cc(OC)c2)cn1. The van der Waals surface area contributed by atoms with Crippen LogP contribution in [0.15, 0.2) is 30.6 Å². The van der Waals surface area contributed by atoms with Crippen LogP contribution in [-0.2, 0) is 6.54 Å². The Labute approximate surface area is 112 Å². The van der Waals surface area contributed by atoms with E-state index in [1.54, 1.807) is 43.3 Å². The van der Waals surface area contributed by atoms with Gasteiger partial charge in [-0.3, -0.25) is 4.68 Å². The van der Waals surface area contributed by atoms with Crippen molar-refractivity contribution in [3.63, 3.8) is 0 Å². The smallest absolute Gasteiger partial charge is 0.122 e. The highest BCUT2D eigenvalue weighted by Gasteiger charge is 2.15. The molecule has 0 saturated carbocycles. The van der Waals surface area contributed by atoms with E-state index in [-0.39, 0.29) is 0 Å². The molecule has 0 fully saturated rings. The molecule has 0 spiro atoms. The predicted molar refractivity (Wildman–Crippen MR) is 71.5 cm³/mol. The quantitative estimate of drug-likeness (QED) is 0.895. The molecule has 0 bridgehead atoms. The molecule has 0 amide bonds. The fraction of sp³-hybridized carbons (Fsp3) is 0.357. The maximum absolute atomic E-state index is 10.4. The topological polar surface area (TPSA) is 56.5 Å². The Morgan fingerprint density at radius 2 is 1.79 bits per heavy atom.